The van der Waals surface area contributed by atoms with Gasteiger partial charge < -0.3 is 10.1 Å². The molecule has 29 heavy (non-hydrogen) atoms. The van der Waals surface area contributed by atoms with Crippen LogP contribution in [0.5, 0.6) is 5.75 Å². The first-order valence-electron chi connectivity index (χ1n) is 9.73. The van der Waals surface area contributed by atoms with Crippen LogP contribution in [0.4, 0.5) is 5.69 Å². The summed E-state index contributed by atoms with van der Waals surface area (Å²) in [6, 6.07) is 14.2. The standard InChI is InChI=1S/C22H30N2O4S/c1-5-21(24(29(4,26)27)19-13-11-17(2)12-14-19)22(25)23-15-7-9-18-8-6-10-20(16-18)28-3/h6,8,10-14,16,21H,5,7,9,15H2,1-4H3,(H,23,25). The molecular weight excluding hydrogens is 388 g/mol. The highest BCUT2D eigenvalue weighted by Crippen LogP contribution is 2.23. The van der Waals surface area contributed by atoms with Gasteiger partial charge in [0.25, 0.3) is 0 Å². The maximum absolute atomic E-state index is 12.8. The van der Waals surface area contributed by atoms with Crippen LogP contribution in [-0.4, -0.2) is 40.3 Å². The number of carbonyl (C=O) groups is 1. The summed E-state index contributed by atoms with van der Waals surface area (Å²) in [4.78, 5) is 12.8. The van der Waals surface area contributed by atoms with Gasteiger partial charge in [0, 0.05) is 6.54 Å². The van der Waals surface area contributed by atoms with Crippen LogP contribution < -0.4 is 14.4 Å². The van der Waals surface area contributed by atoms with E-state index in [-0.39, 0.29) is 5.91 Å². The van der Waals surface area contributed by atoms with E-state index in [2.05, 4.69) is 5.32 Å². The second-order valence-electron chi connectivity index (χ2n) is 7.06. The molecule has 0 aliphatic heterocycles. The summed E-state index contributed by atoms with van der Waals surface area (Å²) >= 11 is 0. The zero-order valence-electron chi connectivity index (χ0n) is 17.5. The molecule has 0 saturated carbocycles. The van der Waals surface area contributed by atoms with Crippen LogP contribution in [0.25, 0.3) is 0 Å². The topological polar surface area (TPSA) is 75.7 Å². The van der Waals surface area contributed by atoms with Crippen LogP contribution in [-0.2, 0) is 21.2 Å². The molecule has 6 nitrogen and oxygen atoms in total. The Hall–Kier alpha value is -2.54. The van der Waals surface area contributed by atoms with E-state index in [1.165, 1.54) is 4.31 Å². The minimum absolute atomic E-state index is 0.288. The van der Waals surface area contributed by atoms with E-state index in [0.717, 1.165) is 36.0 Å². The fourth-order valence-corrected chi connectivity index (χ4v) is 4.41. The molecule has 7 heteroatoms. The van der Waals surface area contributed by atoms with E-state index >= 15 is 0 Å². The largest absolute Gasteiger partial charge is 0.497 e. The Labute approximate surface area is 173 Å². The maximum Gasteiger partial charge on any atom is 0.243 e. The van der Waals surface area contributed by atoms with E-state index in [4.69, 9.17) is 4.74 Å². The number of carbonyl (C=O) groups excluding carboxylic acids is 1. The van der Waals surface area contributed by atoms with Gasteiger partial charge in [-0.2, -0.15) is 0 Å². The third-order valence-electron chi connectivity index (χ3n) is 4.69. The number of nitrogens with zero attached hydrogens (tertiary/aromatic N) is 1. The van der Waals surface area contributed by atoms with Crippen molar-refractivity contribution in [2.75, 3.05) is 24.2 Å². The Morgan fingerprint density at radius 2 is 1.86 bits per heavy atom. The van der Waals surface area contributed by atoms with Crippen LogP contribution >= 0.6 is 0 Å². The molecule has 0 heterocycles. The van der Waals surface area contributed by atoms with Gasteiger partial charge in [0.1, 0.15) is 11.8 Å². The number of rotatable bonds is 10. The van der Waals surface area contributed by atoms with Crippen molar-refractivity contribution >= 4 is 21.6 Å². The van der Waals surface area contributed by atoms with Gasteiger partial charge >= 0.3 is 0 Å². The summed E-state index contributed by atoms with van der Waals surface area (Å²) < 4.78 is 31.3. The van der Waals surface area contributed by atoms with Gasteiger partial charge in [-0.1, -0.05) is 36.8 Å². The van der Waals surface area contributed by atoms with Crippen molar-refractivity contribution in [3.05, 3.63) is 59.7 Å². The number of methoxy groups -OCH3 is 1. The molecule has 2 aromatic carbocycles. The first kappa shape index (κ1) is 22.7. The van der Waals surface area contributed by atoms with E-state index in [9.17, 15) is 13.2 Å². The molecule has 0 radical (unpaired) electrons. The molecule has 1 N–H and O–H groups in total. The van der Waals surface area contributed by atoms with E-state index in [1.807, 2.05) is 50.2 Å². The number of amides is 1. The Kier molecular flexibility index (Phi) is 8.08. The average Bonchev–Trinajstić information content (AvgIpc) is 2.69. The van der Waals surface area contributed by atoms with Crippen molar-refractivity contribution in [1.29, 1.82) is 0 Å². The summed E-state index contributed by atoms with van der Waals surface area (Å²) in [5.74, 6) is 0.517. The molecule has 2 rings (SSSR count). The number of hydrogen-bond donors (Lipinski definition) is 1. The second kappa shape index (κ2) is 10.3. The van der Waals surface area contributed by atoms with Crippen molar-refractivity contribution in [2.45, 2.75) is 39.2 Å². The zero-order valence-corrected chi connectivity index (χ0v) is 18.3. The van der Waals surface area contributed by atoms with Gasteiger partial charge in [0.15, 0.2) is 0 Å². The first-order chi connectivity index (χ1) is 13.8. The van der Waals surface area contributed by atoms with Gasteiger partial charge in [-0.3, -0.25) is 9.10 Å². The third-order valence-corrected chi connectivity index (χ3v) is 5.87. The van der Waals surface area contributed by atoms with Gasteiger partial charge in [-0.25, -0.2) is 8.42 Å². The van der Waals surface area contributed by atoms with Crippen LogP contribution in [0.2, 0.25) is 0 Å². The third kappa shape index (κ3) is 6.49. The molecule has 0 aliphatic rings. The van der Waals surface area contributed by atoms with Crippen LogP contribution in [0.15, 0.2) is 48.5 Å². The van der Waals surface area contributed by atoms with E-state index in [1.54, 1.807) is 19.2 Å². The number of nitrogens with one attached hydrogen (secondary N) is 1. The Balaban J connectivity index is 2.02. The van der Waals surface area contributed by atoms with E-state index < -0.39 is 16.1 Å². The second-order valence-corrected chi connectivity index (χ2v) is 8.92. The molecule has 2 aromatic rings. The Morgan fingerprint density at radius 1 is 1.17 bits per heavy atom. The van der Waals surface area contributed by atoms with Crippen molar-refractivity contribution in [2.24, 2.45) is 0 Å². The number of aryl methyl sites for hydroxylation is 2. The number of ether oxygens (including phenoxy) is 1. The normalized spacial score (nSPS) is 12.3. The highest BCUT2D eigenvalue weighted by molar-refractivity contribution is 7.92. The predicted molar refractivity (Wildman–Crippen MR) is 117 cm³/mol. The Morgan fingerprint density at radius 3 is 2.45 bits per heavy atom. The summed E-state index contributed by atoms with van der Waals surface area (Å²) in [5.41, 5.74) is 2.65. The van der Waals surface area contributed by atoms with Gasteiger partial charge in [-0.05, 0) is 56.0 Å². The maximum atomic E-state index is 12.8. The van der Waals surface area contributed by atoms with E-state index in [0.29, 0.717) is 18.7 Å². The highest BCUT2D eigenvalue weighted by Gasteiger charge is 2.31. The average molecular weight is 419 g/mol. The molecule has 0 saturated heterocycles. The molecule has 0 aromatic heterocycles. The summed E-state index contributed by atoms with van der Waals surface area (Å²) in [6.07, 6.45) is 3.05. The molecular formula is C22H30N2O4S. The predicted octanol–water partition coefficient (Wildman–Crippen LogP) is 3.30. The molecule has 0 aliphatic carbocycles. The lowest BCUT2D eigenvalue weighted by molar-refractivity contribution is -0.122. The fraction of sp³-hybridized carbons (Fsp3) is 0.409. The number of sulfonamides is 1. The van der Waals surface area contributed by atoms with Gasteiger partial charge in [-0.15, -0.1) is 0 Å². The zero-order chi connectivity index (χ0) is 21.4. The fourth-order valence-electron chi connectivity index (χ4n) is 3.20. The molecule has 0 fully saturated rings. The van der Waals surface area contributed by atoms with Gasteiger partial charge in [0.05, 0.1) is 19.1 Å². The van der Waals surface area contributed by atoms with Gasteiger partial charge in [0.2, 0.25) is 15.9 Å². The van der Waals surface area contributed by atoms with Crippen molar-refractivity contribution in [3.63, 3.8) is 0 Å². The Bertz CT molecular complexity index is 911. The monoisotopic (exact) mass is 418 g/mol. The van der Waals surface area contributed by atoms with Crippen molar-refractivity contribution in [3.8, 4) is 5.75 Å². The minimum atomic E-state index is -3.61. The molecule has 0 spiro atoms. The van der Waals surface area contributed by atoms with Crippen LogP contribution in [0.3, 0.4) is 0 Å². The smallest absolute Gasteiger partial charge is 0.243 e. The lowest BCUT2D eigenvalue weighted by Crippen LogP contribution is -2.49. The minimum Gasteiger partial charge on any atom is -0.497 e. The molecule has 1 amide bonds. The summed E-state index contributed by atoms with van der Waals surface area (Å²) in [7, 11) is -1.98. The first-order valence-corrected chi connectivity index (χ1v) is 11.6. The number of hydrogen-bond acceptors (Lipinski definition) is 4. The molecule has 0 bridgehead atoms. The summed E-state index contributed by atoms with van der Waals surface area (Å²) in [5, 5.41) is 2.89. The molecule has 158 valence electrons. The molecule has 1 atom stereocenters. The SMILES string of the molecule is CCC(C(=O)NCCCc1cccc(OC)c1)N(c1ccc(C)cc1)S(C)(=O)=O. The number of anilines is 1. The highest BCUT2D eigenvalue weighted by atomic mass is 32.2. The number of benzene rings is 2. The molecule has 1 unspecified atom stereocenters. The van der Waals surface area contributed by atoms with Crippen molar-refractivity contribution < 1.29 is 17.9 Å². The van der Waals surface area contributed by atoms with Crippen LogP contribution in [0.1, 0.15) is 30.9 Å². The van der Waals surface area contributed by atoms with Crippen LogP contribution in [0, 0.1) is 6.92 Å². The lowest BCUT2D eigenvalue weighted by Gasteiger charge is -2.30. The quantitative estimate of drug-likeness (QED) is 0.601. The summed E-state index contributed by atoms with van der Waals surface area (Å²) in [6.45, 7) is 4.21. The lowest BCUT2D eigenvalue weighted by atomic mass is 10.1. The van der Waals surface area contributed by atoms with Crippen molar-refractivity contribution in [1.82, 2.24) is 5.32 Å².